The van der Waals surface area contributed by atoms with Crippen LogP contribution in [0.2, 0.25) is 0 Å². The molecule has 0 unspecified atom stereocenters. The smallest absolute Gasteiger partial charge is 0.431 e. The van der Waals surface area contributed by atoms with Crippen LogP contribution in [0, 0.1) is 0 Å². The summed E-state index contributed by atoms with van der Waals surface area (Å²) < 4.78 is 11.1. The Kier molecular flexibility index (Phi) is 4.41. The van der Waals surface area contributed by atoms with Gasteiger partial charge in [-0.05, 0) is 74.3 Å². The molecule has 0 bridgehead atoms. The minimum Gasteiger partial charge on any atom is -0.431 e. The van der Waals surface area contributed by atoms with Crippen LogP contribution in [0.3, 0.4) is 0 Å². The molecule has 1 fully saturated rings. The van der Waals surface area contributed by atoms with Crippen LogP contribution in [0.25, 0.3) is 43.1 Å². The fourth-order valence-electron chi connectivity index (χ4n) is 5.32. The van der Waals surface area contributed by atoms with E-state index >= 15 is 0 Å². The number of fused-ring (bicyclic) bond motifs is 2. The molecule has 5 aromatic rings. The number of carbonyl (C=O) groups excluding carboxylic acids is 1. The lowest BCUT2D eigenvalue weighted by atomic mass is 9.88. The third kappa shape index (κ3) is 3.07. The Bertz CT molecular complexity index is 1360. The van der Waals surface area contributed by atoms with E-state index in [1.165, 1.54) is 44.1 Å². The van der Waals surface area contributed by atoms with Gasteiger partial charge < -0.3 is 9.47 Å². The average molecular weight is 408 g/mol. The van der Waals surface area contributed by atoms with Crippen LogP contribution in [0.1, 0.15) is 37.7 Å². The normalized spacial score (nSPS) is 15.2. The van der Waals surface area contributed by atoms with Crippen LogP contribution in [0.4, 0.5) is 4.79 Å². The van der Waals surface area contributed by atoms with Crippen LogP contribution in [-0.2, 0) is 16.1 Å². The van der Waals surface area contributed by atoms with Gasteiger partial charge in [-0.15, -0.1) is 0 Å². The zero-order chi connectivity index (χ0) is 20.8. The van der Waals surface area contributed by atoms with Crippen molar-refractivity contribution in [2.24, 2.45) is 0 Å². The summed E-state index contributed by atoms with van der Waals surface area (Å²) in [6.07, 6.45) is 4.83. The Hall–Kier alpha value is -3.33. The number of ether oxygens (including phenoxy) is 2. The van der Waals surface area contributed by atoms with E-state index in [-0.39, 0.29) is 12.7 Å². The van der Waals surface area contributed by atoms with Crippen molar-refractivity contribution in [3.63, 3.8) is 0 Å². The first kappa shape index (κ1) is 18.4. The van der Waals surface area contributed by atoms with Crippen molar-refractivity contribution in [3.05, 3.63) is 72.3 Å². The van der Waals surface area contributed by atoms with E-state index in [1.54, 1.807) is 0 Å². The standard InChI is InChI=1S/C28H24O3/c29-28(31-20-9-2-1-3-10-20)30-17-19-15-16-25-23-13-5-8-18-7-4-12-22(26(18)23)24-14-6-11-21(19)27(24)25/h4-8,11-16,20H,1-3,9-10,17H2. The number of benzene rings is 5. The summed E-state index contributed by atoms with van der Waals surface area (Å²) in [7, 11) is 0. The second-order valence-corrected chi connectivity index (χ2v) is 8.63. The van der Waals surface area contributed by atoms with Crippen molar-refractivity contribution in [2.45, 2.75) is 44.8 Å². The molecule has 0 amide bonds. The summed E-state index contributed by atoms with van der Waals surface area (Å²) in [6, 6.07) is 23.7. The highest BCUT2D eigenvalue weighted by molar-refractivity contribution is 6.33. The molecule has 1 saturated carbocycles. The van der Waals surface area contributed by atoms with Gasteiger partial charge >= 0.3 is 6.16 Å². The lowest BCUT2D eigenvalue weighted by Crippen LogP contribution is -2.21. The van der Waals surface area contributed by atoms with E-state index in [4.69, 9.17) is 9.47 Å². The predicted molar refractivity (Wildman–Crippen MR) is 126 cm³/mol. The highest BCUT2D eigenvalue weighted by Gasteiger charge is 2.19. The average Bonchev–Trinajstić information content (AvgIpc) is 2.82. The third-order valence-electron chi connectivity index (χ3n) is 6.78. The molecule has 0 heterocycles. The van der Waals surface area contributed by atoms with E-state index < -0.39 is 6.16 Å². The quantitative estimate of drug-likeness (QED) is 0.174. The molecule has 0 atom stereocenters. The molecule has 3 heteroatoms. The summed E-state index contributed by atoms with van der Waals surface area (Å²) in [5.74, 6) is 0. The number of hydrogen-bond acceptors (Lipinski definition) is 3. The molecule has 0 aromatic heterocycles. The van der Waals surface area contributed by atoms with Gasteiger partial charge in [0.2, 0.25) is 0 Å². The van der Waals surface area contributed by atoms with E-state index in [2.05, 4.69) is 66.7 Å². The number of hydrogen-bond donors (Lipinski definition) is 0. The molecule has 5 aromatic carbocycles. The summed E-state index contributed by atoms with van der Waals surface area (Å²) in [4.78, 5) is 12.3. The summed E-state index contributed by atoms with van der Waals surface area (Å²) in [6.45, 7) is 0.220. The Morgan fingerprint density at radius 2 is 1.32 bits per heavy atom. The van der Waals surface area contributed by atoms with Crippen molar-refractivity contribution < 1.29 is 14.3 Å². The van der Waals surface area contributed by atoms with E-state index in [9.17, 15) is 4.79 Å². The molecular formula is C28H24O3. The van der Waals surface area contributed by atoms with Gasteiger partial charge in [0, 0.05) is 0 Å². The van der Waals surface area contributed by atoms with Gasteiger partial charge in [0.05, 0.1) is 0 Å². The van der Waals surface area contributed by atoms with Crippen molar-refractivity contribution in [1.29, 1.82) is 0 Å². The fraction of sp³-hybridized carbons (Fsp3) is 0.250. The molecule has 0 saturated heterocycles. The Morgan fingerprint density at radius 1 is 0.710 bits per heavy atom. The molecular weight excluding hydrogens is 384 g/mol. The monoisotopic (exact) mass is 408 g/mol. The Balaban J connectivity index is 1.41. The second kappa shape index (κ2) is 7.42. The first-order valence-corrected chi connectivity index (χ1v) is 11.2. The minimum absolute atomic E-state index is 0.00885. The molecule has 154 valence electrons. The largest absolute Gasteiger partial charge is 0.508 e. The predicted octanol–water partition coefficient (Wildman–Crippen LogP) is 7.72. The lowest BCUT2D eigenvalue weighted by Gasteiger charge is -2.21. The molecule has 6 rings (SSSR count). The molecule has 1 aliphatic rings. The Labute approximate surface area is 180 Å². The van der Waals surface area contributed by atoms with E-state index in [1.807, 2.05) is 0 Å². The maximum atomic E-state index is 12.3. The summed E-state index contributed by atoms with van der Waals surface area (Å²) in [5.41, 5.74) is 1.01. The van der Waals surface area contributed by atoms with Crippen molar-refractivity contribution >= 4 is 49.2 Å². The van der Waals surface area contributed by atoms with Gasteiger partial charge in [-0.1, -0.05) is 73.2 Å². The molecule has 3 nitrogen and oxygen atoms in total. The molecule has 1 aliphatic carbocycles. The minimum atomic E-state index is -0.553. The van der Waals surface area contributed by atoms with Crippen molar-refractivity contribution in [3.8, 4) is 0 Å². The maximum absolute atomic E-state index is 12.3. The van der Waals surface area contributed by atoms with Crippen molar-refractivity contribution in [2.75, 3.05) is 0 Å². The van der Waals surface area contributed by atoms with Gasteiger partial charge in [-0.25, -0.2) is 4.79 Å². The van der Waals surface area contributed by atoms with Crippen LogP contribution in [0.15, 0.2) is 66.7 Å². The molecule has 0 N–H and O–H groups in total. The maximum Gasteiger partial charge on any atom is 0.508 e. The third-order valence-corrected chi connectivity index (χ3v) is 6.78. The summed E-state index contributed by atoms with van der Waals surface area (Å²) >= 11 is 0. The first-order valence-electron chi connectivity index (χ1n) is 11.2. The SMILES string of the molecule is O=C(OCc1ccc2c3cccc4cccc(c5cccc1c52)c43)OC1CCCCC1. The highest BCUT2D eigenvalue weighted by Crippen LogP contribution is 2.41. The topological polar surface area (TPSA) is 35.5 Å². The lowest BCUT2D eigenvalue weighted by molar-refractivity contribution is 0.00751. The molecule has 0 radical (unpaired) electrons. The molecule has 0 spiro atoms. The highest BCUT2D eigenvalue weighted by atomic mass is 16.7. The first-order chi connectivity index (χ1) is 15.3. The van der Waals surface area contributed by atoms with Gasteiger partial charge in [0.15, 0.2) is 0 Å². The van der Waals surface area contributed by atoms with E-state index in [0.717, 1.165) is 36.6 Å². The van der Waals surface area contributed by atoms with Crippen LogP contribution >= 0.6 is 0 Å². The Morgan fingerprint density at radius 3 is 2.06 bits per heavy atom. The van der Waals surface area contributed by atoms with Gasteiger partial charge in [0.1, 0.15) is 12.7 Å². The zero-order valence-corrected chi connectivity index (χ0v) is 17.4. The number of rotatable bonds is 3. The van der Waals surface area contributed by atoms with Crippen LogP contribution < -0.4 is 0 Å². The van der Waals surface area contributed by atoms with Crippen LogP contribution in [-0.4, -0.2) is 12.3 Å². The molecule has 31 heavy (non-hydrogen) atoms. The zero-order valence-electron chi connectivity index (χ0n) is 17.4. The van der Waals surface area contributed by atoms with Gasteiger partial charge in [-0.3, -0.25) is 0 Å². The fourth-order valence-corrected chi connectivity index (χ4v) is 5.32. The summed E-state index contributed by atoms with van der Waals surface area (Å²) in [5, 5.41) is 9.94. The van der Waals surface area contributed by atoms with E-state index in [0.29, 0.717) is 0 Å². The van der Waals surface area contributed by atoms with Gasteiger partial charge in [-0.2, -0.15) is 0 Å². The number of carbonyl (C=O) groups is 1. The second-order valence-electron chi connectivity index (χ2n) is 8.63. The van der Waals surface area contributed by atoms with Crippen molar-refractivity contribution in [1.82, 2.24) is 0 Å². The van der Waals surface area contributed by atoms with Gasteiger partial charge in [0.25, 0.3) is 0 Å². The molecule has 0 aliphatic heterocycles. The van der Waals surface area contributed by atoms with Crippen LogP contribution in [0.5, 0.6) is 0 Å².